The van der Waals surface area contributed by atoms with Gasteiger partial charge in [0.1, 0.15) is 18.9 Å². The third kappa shape index (κ3) is 1.74. The summed E-state index contributed by atoms with van der Waals surface area (Å²) in [5, 5.41) is 0. The quantitative estimate of drug-likeness (QED) is 0.707. The van der Waals surface area contributed by atoms with Crippen LogP contribution < -0.4 is 10.4 Å². The lowest BCUT2D eigenvalue weighted by Gasteiger charge is -2.38. The van der Waals surface area contributed by atoms with Gasteiger partial charge in [0, 0.05) is 25.5 Å². The van der Waals surface area contributed by atoms with Crippen LogP contribution in [0.3, 0.4) is 0 Å². The zero-order valence-corrected chi connectivity index (χ0v) is 10.3. The molecule has 0 unspecified atom stereocenters. The fourth-order valence-corrected chi connectivity index (χ4v) is 2.59. The Morgan fingerprint density at radius 2 is 2.11 bits per heavy atom. The number of rotatable bonds is 2. The predicted octanol–water partition coefficient (Wildman–Crippen LogP) is 0.470. The average molecular weight is 241 g/mol. The molecule has 0 N–H and O–H groups in total. The SMILES string of the molecule is C[B]c1cnc2c(c1)CCC(=O)N2C1CC(=O)C1. The third-order valence-corrected chi connectivity index (χ3v) is 3.69. The number of pyridine rings is 1. The molecule has 5 heteroatoms. The van der Waals surface area contributed by atoms with Crippen LogP contribution in [-0.4, -0.2) is 30.0 Å². The second-order valence-corrected chi connectivity index (χ2v) is 4.90. The minimum absolute atomic E-state index is 0.0352. The number of anilines is 1. The van der Waals surface area contributed by atoms with Gasteiger partial charge in [0.2, 0.25) is 5.91 Å². The van der Waals surface area contributed by atoms with Gasteiger partial charge in [-0.1, -0.05) is 18.4 Å². The highest BCUT2D eigenvalue weighted by molar-refractivity contribution is 6.51. The van der Waals surface area contributed by atoms with Crippen LogP contribution in [0.25, 0.3) is 0 Å². The summed E-state index contributed by atoms with van der Waals surface area (Å²) in [6.45, 7) is 1.97. The number of fused-ring (bicyclic) bond motifs is 1. The molecule has 1 aromatic rings. The van der Waals surface area contributed by atoms with Crippen molar-refractivity contribution in [2.24, 2.45) is 0 Å². The van der Waals surface area contributed by atoms with Crippen molar-refractivity contribution in [1.29, 1.82) is 0 Å². The molecular weight excluding hydrogens is 227 g/mol. The molecule has 0 aromatic carbocycles. The van der Waals surface area contributed by atoms with E-state index in [1.807, 2.05) is 14.1 Å². The van der Waals surface area contributed by atoms with Gasteiger partial charge < -0.3 is 0 Å². The normalized spacial score (nSPS) is 19.5. The van der Waals surface area contributed by atoms with Crippen LogP contribution in [0.4, 0.5) is 5.82 Å². The maximum Gasteiger partial charge on any atom is 0.228 e. The van der Waals surface area contributed by atoms with Crippen molar-refractivity contribution >= 4 is 30.3 Å². The van der Waals surface area contributed by atoms with Crippen molar-refractivity contribution in [3.05, 3.63) is 17.8 Å². The minimum Gasteiger partial charge on any atom is -0.300 e. The highest BCUT2D eigenvalue weighted by atomic mass is 16.2. The first-order valence-corrected chi connectivity index (χ1v) is 6.31. The summed E-state index contributed by atoms with van der Waals surface area (Å²) in [7, 11) is 2.00. The molecule has 2 heterocycles. The van der Waals surface area contributed by atoms with E-state index < -0.39 is 0 Å². The van der Waals surface area contributed by atoms with Crippen LogP contribution >= 0.6 is 0 Å². The number of aromatic nitrogens is 1. The first-order valence-electron chi connectivity index (χ1n) is 6.31. The number of carbonyl (C=O) groups excluding carboxylic acids is 2. The number of nitrogens with zero attached hydrogens (tertiary/aromatic N) is 2. The Labute approximate surface area is 107 Å². The molecule has 2 aliphatic rings. The molecule has 1 aromatic heterocycles. The lowest BCUT2D eigenvalue weighted by atomic mass is 9.73. The molecule has 1 amide bonds. The Morgan fingerprint density at radius 3 is 2.78 bits per heavy atom. The molecule has 0 spiro atoms. The van der Waals surface area contributed by atoms with Crippen LogP contribution in [0, 0.1) is 0 Å². The summed E-state index contributed by atoms with van der Waals surface area (Å²) in [5.74, 6) is 1.09. The smallest absolute Gasteiger partial charge is 0.228 e. The van der Waals surface area contributed by atoms with Crippen LogP contribution in [0.1, 0.15) is 24.8 Å². The number of hydrogen-bond acceptors (Lipinski definition) is 3. The zero-order valence-electron chi connectivity index (χ0n) is 10.3. The summed E-state index contributed by atoms with van der Waals surface area (Å²) >= 11 is 0. The van der Waals surface area contributed by atoms with Crippen molar-refractivity contribution in [2.75, 3.05) is 4.90 Å². The van der Waals surface area contributed by atoms with E-state index in [4.69, 9.17) is 0 Å². The lowest BCUT2D eigenvalue weighted by molar-refractivity contribution is -0.126. The molecule has 1 fully saturated rings. The minimum atomic E-state index is 0.0352. The maximum absolute atomic E-state index is 12.0. The first-order chi connectivity index (χ1) is 8.69. The van der Waals surface area contributed by atoms with Crippen LogP contribution in [0.15, 0.2) is 12.3 Å². The second-order valence-electron chi connectivity index (χ2n) is 4.90. The number of carbonyl (C=O) groups is 2. The topological polar surface area (TPSA) is 50.3 Å². The van der Waals surface area contributed by atoms with Crippen molar-refractivity contribution in [3.8, 4) is 0 Å². The van der Waals surface area contributed by atoms with E-state index in [0.29, 0.717) is 19.3 Å². The van der Waals surface area contributed by atoms with E-state index in [1.165, 1.54) is 0 Å². The summed E-state index contributed by atoms with van der Waals surface area (Å²) in [6, 6.07) is 2.12. The van der Waals surface area contributed by atoms with E-state index in [1.54, 1.807) is 11.1 Å². The Bertz CT molecular complexity index is 522. The Kier molecular flexibility index (Phi) is 2.69. The summed E-state index contributed by atoms with van der Waals surface area (Å²) in [5.41, 5.74) is 2.19. The summed E-state index contributed by atoms with van der Waals surface area (Å²) in [6.07, 6.45) is 4.01. The number of hydrogen-bond donors (Lipinski definition) is 0. The Morgan fingerprint density at radius 1 is 1.33 bits per heavy atom. The fourth-order valence-electron chi connectivity index (χ4n) is 2.59. The van der Waals surface area contributed by atoms with Gasteiger partial charge in [0.05, 0.1) is 6.04 Å². The first kappa shape index (κ1) is 11.4. The van der Waals surface area contributed by atoms with E-state index >= 15 is 0 Å². The van der Waals surface area contributed by atoms with Gasteiger partial charge in [-0.2, -0.15) is 0 Å². The van der Waals surface area contributed by atoms with Crippen molar-refractivity contribution in [1.82, 2.24) is 4.98 Å². The molecule has 0 bridgehead atoms. The van der Waals surface area contributed by atoms with Gasteiger partial charge in [0.15, 0.2) is 0 Å². The number of amides is 1. The molecule has 4 nitrogen and oxygen atoms in total. The van der Waals surface area contributed by atoms with Crippen LogP contribution in [0.5, 0.6) is 0 Å². The molecule has 18 heavy (non-hydrogen) atoms. The number of ketones is 1. The number of Topliss-reactive ketones (excluding diaryl/α,β-unsaturated/α-hetero) is 1. The van der Waals surface area contributed by atoms with Crippen molar-refractivity contribution in [3.63, 3.8) is 0 Å². The van der Waals surface area contributed by atoms with E-state index in [9.17, 15) is 9.59 Å². The van der Waals surface area contributed by atoms with Gasteiger partial charge >= 0.3 is 0 Å². The van der Waals surface area contributed by atoms with E-state index in [0.717, 1.165) is 23.3 Å². The van der Waals surface area contributed by atoms with Crippen molar-refractivity contribution in [2.45, 2.75) is 38.5 Å². The number of aryl methyl sites for hydroxylation is 1. The molecule has 91 valence electrons. The van der Waals surface area contributed by atoms with E-state index in [-0.39, 0.29) is 17.7 Å². The van der Waals surface area contributed by atoms with Gasteiger partial charge in [-0.05, 0) is 12.0 Å². The average Bonchev–Trinajstić information content (AvgIpc) is 2.35. The lowest BCUT2D eigenvalue weighted by Crippen LogP contribution is -2.50. The molecule has 0 atom stereocenters. The van der Waals surface area contributed by atoms with Gasteiger partial charge in [-0.15, -0.1) is 0 Å². The van der Waals surface area contributed by atoms with Crippen LogP contribution in [0.2, 0.25) is 6.82 Å². The van der Waals surface area contributed by atoms with Crippen LogP contribution in [-0.2, 0) is 16.0 Å². The standard InChI is InChI=1S/C13H14BN2O2/c1-14-9-4-8-2-3-12(18)16(13(8)15-7-9)10-5-11(17)6-10/h4,7,10H,2-3,5-6H2,1H3. The van der Waals surface area contributed by atoms with Gasteiger partial charge in [-0.3, -0.25) is 14.5 Å². The zero-order chi connectivity index (χ0) is 12.7. The Balaban J connectivity index is 1.96. The molecule has 0 saturated heterocycles. The summed E-state index contributed by atoms with van der Waals surface area (Å²) < 4.78 is 0. The molecule has 1 saturated carbocycles. The molecular formula is C13H14BN2O2. The van der Waals surface area contributed by atoms with Gasteiger partial charge in [-0.25, -0.2) is 4.98 Å². The van der Waals surface area contributed by atoms with E-state index in [2.05, 4.69) is 11.1 Å². The Hall–Kier alpha value is -1.65. The maximum atomic E-state index is 12.0. The summed E-state index contributed by atoms with van der Waals surface area (Å²) in [4.78, 5) is 29.3. The highest BCUT2D eigenvalue weighted by Crippen LogP contribution is 2.32. The molecule has 1 aliphatic carbocycles. The third-order valence-electron chi connectivity index (χ3n) is 3.69. The van der Waals surface area contributed by atoms with Crippen molar-refractivity contribution < 1.29 is 9.59 Å². The molecule has 1 radical (unpaired) electrons. The molecule has 3 rings (SSSR count). The second kappa shape index (κ2) is 4.23. The van der Waals surface area contributed by atoms with Gasteiger partial charge in [0.25, 0.3) is 0 Å². The largest absolute Gasteiger partial charge is 0.300 e. The fraction of sp³-hybridized carbons (Fsp3) is 0.462. The molecule has 1 aliphatic heterocycles. The monoisotopic (exact) mass is 241 g/mol. The highest BCUT2D eigenvalue weighted by Gasteiger charge is 2.38. The predicted molar refractivity (Wildman–Crippen MR) is 69.3 cm³/mol.